The van der Waals surface area contributed by atoms with E-state index in [4.69, 9.17) is 0 Å². The van der Waals surface area contributed by atoms with Gasteiger partial charge < -0.3 is 4.90 Å². The molecule has 8 nitrogen and oxygen atoms in total. The van der Waals surface area contributed by atoms with Crippen LogP contribution in [0.3, 0.4) is 0 Å². The zero-order chi connectivity index (χ0) is 18.1. The number of carbonyl (C=O) groups is 2. The molecule has 2 aromatic heterocycles. The summed E-state index contributed by atoms with van der Waals surface area (Å²) < 4.78 is 1.60. The van der Waals surface area contributed by atoms with E-state index in [0.717, 1.165) is 11.3 Å². The monoisotopic (exact) mass is 350 g/mol. The van der Waals surface area contributed by atoms with Crippen LogP contribution in [0.15, 0.2) is 42.6 Å². The normalized spacial score (nSPS) is 17.0. The van der Waals surface area contributed by atoms with Crippen LogP contribution >= 0.6 is 0 Å². The highest BCUT2D eigenvalue weighted by Gasteiger charge is 2.31. The zero-order valence-corrected chi connectivity index (χ0v) is 14.3. The smallest absolute Gasteiger partial charge is 0.256 e. The number of hydrogen-bond acceptors (Lipinski definition) is 5. The third-order valence-electron chi connectivity index (χ3n) is 4.49. The van der Waals surface area contributed by atoms with Crippen LogP contribution in [0, 0.1) is 6.92 Å². The Balaban J connectivity index is 1.42. The predicted molar refractivity (Wildman–Crippen MR) is 94.5 cm³/mol. The van der Waals surface area contributed by atoms with E-state index in [9.17, 15) is 9.59 Å². The maximum atomic E-state index is 12.4. The van der Waals surface area contributed by atoms with Crippen LogP contribution in [0.5, 0.6) is 0 Å². The summed E-state index contributed by atoms with van der Waals surface area (Å²) in [4.78, 5) is 30.4. The second-order valence-corrected chi connectivity index (χ2v) is 6.40. The SMILES string of the molecule is Cc1ccn2c(NC(=O)CN3CC(c4ccccc4)CC3=O)nnc2n1. The molecule has 26 heavy (non-hydrogen) atoms. The summed E-state index contributed by atoms with van der Waals surface area (Å²) in [5, 5.41) is 10.6. The van der Waals surface area contributed by atoms with Crippen molar-refractivity contribution in [2.75, 3.05) is 18.4 Å². The second-order valence-electron chi connectivity index (χ2n) is 6.40. The molecule has 8 heteroatoms. The molecule has 1 fully saturated rings. The first kappa shape index (κ1) is 16.2. The summed E-state index contributed by atoms with van der Waals surface area (Å²) in [7, 11) is 0. The second kappa shape index (κ2) is 6.55. The average Bonchev–Trinajstić information content (AvgIpc) is 3.19. The van der Waals surface area contributed by atoms with Crippen LogP contribution in [0.4, 0.5) is 5.95 Å². The van der Waals surface area contributed by atoms with Crippen molar-refractivity contribution in [1.29, 1.82) is 0 Å². The molecule has 1 aliphatic heterocycles. The quantitative estimate of drug-likeness (QED) is 0.767. The first-order chi connectivity index (χ1) is 12.6. The highest BCUT2D eigenvalue weighted by atomic mass is 16.2. The fraction of sp³-hybridized carbons (Fsp3) is 0.278. The van der Waals surface area contributed by atoms with Gasteiger partial charge in [0.2, 0.25) is 17.8 Å². The molecule has 0 bridgehead atoms. The van der Waals surface area contributed by atoms with Gasteiger partial charge in [0, 0.05) is 30.8 Å². The third-order valence-corrected chi connectivity index (χ3v) is 4.49. The van der Waals surface area contributed by atoms with Crippen molar-refractivity contribution >= 4 is 23.5 Å². The molecule has 1 N–H and O–H groups in total. The van der Waals surface area contributed by atoms with Gasteiger partial charge in [-0.2, -0.15) is 0 Å². The lowest BCUT2D eigenvalue weighted by Crippen LogP contribution is -2.34. The van der Waals surface area contributed by atoms with Crippen molar-refractivity contribution in [2.24, 2.45) is 0 Å². The minimum Gasteiger partial charge on any atom is -0.333 e. The number of hydrogen-bond donors (Lipinski definition) is 1. The summed E-state index contributed by atoms with van der Waals surface area (Å²) in [5.41, 5.74) is 1.94. The van der Waals surface area contributed by atoms with E-state index in [1.165, 1.54) is 0 Å². The molecule has 3 aromatic rings. The maximum Gasteiger partial charge on any atom is 0.256 e. The number of aryl methyl sites for hydroxylation is 1. The first-order valence-corrected chi connectivity index (χ1v) is 8.41. The molecule has 1 saturated heterocycles. The van der Waals surface area contributed by atoms with Crippen LogP contribution in [-0.4, -0.2) is 49.4 Å². The standard InChI is InChI=1S/C18H18N6O2/c1-12-7-8-24-17(19-12)21-22-18(24)20-15(25)11-23-10-14(9-16(23)26)13-5-3-2-4-6-13/h2-8,14H,9-11H2,1H3,(H,20,22,25). The molecule has 132 valence electrons. The van der Waals surface area contributed by atoms with Crippen LogP contribution < -0.4 is 5.32 Å². The lowest BCUT2D eigenvalue weighted by molar-refractivity contribution is -0.131. The van der Waals surface area contributed by atoms with Gasteiger partial charge in [0.05, 0.1) is 6.54 Å². The van der Waals surface area contributed by atoms with Crippen molar-refractivity contribution in [3.63, 3.8) is 0 Å². The number of benzene rings is 1. The number of amides is 2. The van der Waals surface area contributed by atoms with E-state index in [-0.39, 0.29) is 24.3 Å². The maximum absolute atomic E-state index is 12.4. The summed E-state index contributed by atoms with van der Waals surface area (Å²) in [6, 6.07) is 11.7. The molecule has 0 aliphatic carbocycles. The number of nitrogens with one attached hydrogen (secondary N) is 1. The number of fused-ring (bicyclic) bond motifs is 1. The Bertz CT molecular complexity index is 968. The van der Waals surface area contributed by atoms with Gasteiger partial charge in [-0.25, -0.2) is 4.98 Å². The van der Waals surface area contributed by atoms with Gasteiger partial charge in [-0.3, -0.25) is 19.3 Å². The van der Waals surface area contributed by atoms with Crippen LogP contribution in [0.1, 0.15) is 23.6 Å². The Morgan fingerprint density at radius 3 is 2.85 bits per heavy atom. The summed E-state index contributed by atoms with van der Waals surface area (Å²) in [6.45, 7) is 2.39. The van der Waals surface area contributed by atoms with E-state index in [2.05, 4.69) is 20.5 Å². The minimum atomic E-state index is -0.304. The molecule has 1 aromatic carbocycles. The van der Waals surface area contributed by atoms with Gasteiger partial charge in [-0.15, -0.1) is 10.2 Å². The summed E-state index contributed by atoms with van der Waals surface area (Å²) in [5.74, 6) is 0.516. The Morgan fingerprint density at radius 1 is 1.23 bits per heavy atom. The minimum absolute atomic E-state index is 0.00360. The van der Waals surface area contributed by atoms with Crippen molar-refractivity contribution in [2.45, 2.75) is 19.3 Å². The molecule has 1 atom stereocenters. The summed E-state index contributed by atoms with van der Waals surface area (Å²) >= 11 is 0. The Morgan fingerprint density at radius 2 is 2.04 bits per heavy atom. The molecular formula is C18H18N6O2. The van der Waals surface area contributed by atoms with Gasteiger partial charge in [-0.05, 0) is 18.6 Å². The number of rotatable bonds is 4. The lowest BCUT2D eigenvalue weighted by atomic mass is 9.99. The van der Waals surface area contributed by atoms with E-state index >= 15 is 0 Å². The highest BCUT2D eigenvalue weighted by Crippen LogP contribution is 2.27. The Hall–Kier alpha value is -3.29. The molecule has 0 spiro atoms. The molecule has 2 amide bonds. The van der Waals surface area contributed by atoms with E-state index in [0.29, 0.717) is 24.7 Å². The average molecular weight is 350 g/mol. The van der Waals surface area contributed by atoms with E-state index < -0.39 is 0 Å². The number of carbonyl (C=O) groups excluding carboxylic acids is 2. The van der Waals surface area contributed by atoms with Crippen molar-refractivity contribution in [3.8, 4) is 0 Å². The molecule has 4 rings (SSSR count). The molecule has 0 radical (unpaired) electrons. The molecule has 0 saturated carbocycles. The van der Waals surface area contributed by atoms with Crippen LogP contribution in [-0.2, 0) is 9.59 Å². The number of anilines is 1. The molecule has 3 heterocycles. The van der Waals surface area contributed by atoms with Gasteiger partial charge in [0.1, 0.15) is 0 Å². The Kier molecular flexibility index (Phi) is 4.08. The first-order valence-electron chi connectivity index (χ1n) is 8.41. The zero-order valence-electron chi connectivity index (χ0n) is 14.3. The van der Waals surface area contributed by atoms with Gasteiger partial charge >= 0.3 is 0 Å². The van der Waals surface area contributed by atoms with Gasteiger partial charge in [0.25, 0.3) is 5.78 Å². The lowest BCUT2D eigenvalue weighted by Gasteiger charge is -2.16. The Labute approximate surface area is 149 Å². The predicted octanol–water partition coefficient (Wildman–Crippen LogP) is 1.39. The van der Waals surface area contributed by atoms with E-state index in [1.807, 2.05) is 37.3 Å². The van der Waals surface area contributed by atoms with Gasteiger partial charge in [-0.1, -0.05) is 30.3 Å². The number of nitrogens with zero attached hydrogens (tertiary/aromatic N) is 5. The largest absolute Gasteiger partial charge is 0.333 e. The van der Waals surface area contributed by atoms with Crippen LogP contribution in [0.2, 0.25) is 0 Å². The van der Waals surface area contributed by atoms with Crippen LogP contribution in [0.25, 0.3) is 5.78 Å². The van der Waals surface area contributed by atoms with Gasteiger partial charge in [0.15, 0.2) is 0 Å². The number of likely N-dealkylation sites (tertiary alicyclic amines) is 1. The third kappa shape index (κ3) is 3.13. The fourth-order valence-corrected chi connectivity index (χ4v) is 3.17. The van der Waals surface area contributed by atoms with Crippen molar-refractivity contribution < 1.29 is 9.59 Å². The highest BCUT2D eigenvalue weighted by molar-refractivity contribution is 5.94. The van der Waals surface area contributed by atoms with Crippen molar-refractivity contribution in [1.82, 2.24) is 24.5 Å². The molecule has 1 unspecified atom stereocenters. The van der Waals surface area contributed by atoms with E-state index in [1.54, 1.807) is 21.6 Å². The number of aromatic nitrogens is 4. The van der Waals surface area contributed by atoms with Crippen molar-refractivity contribution in [3.05, 3.63) is 53.9 Å². The fourth-order valence-electron chi connectivity index (χ4n) is 3.17. The molecular weight excluding hydrogens is 332 g/mol. The molecule has 1 aliphatic rings. The summed E-state index contributed by atoms with van der Waals surface area (Å²) in [6.07, 6.45) is 2.17. The topological polar surface area (TPSA) is 92.5 Å².